The number of ether oxygens (including phenoxy) is 1. The van der Waals surface area contributed by atoms with Crippen molar-refractivity contribution in [3.63, 3.8) is 0 Å². The Morgan fingerprint density at radius 2 is 1.80 bits per heavy atom. The summed E-state index contributed by atoms with van der Waals surface area (Å²) in [5, 5.41) is 3.87. The van der Waals surface area contributed by atoms with E-state index in [9.17, 15) is 0 Å². The summed E-state index contributed by atoms with van der Waals surface area (Å²) in [5.41, 5.74) is 0.315. The number of hydrogen-bond donors (Lipinski definition) is 1. The molecule has 0 amide bonds. The number of rotatable bonds is 2. The van der Waals surface area contributed by atoms with Crippen LogP contribution in [-0.2, 0) is 4.74 Å². The monoisotopic (exact) mass is 211 g/mol. The van der Waals surface area contributed by atoms with Crippen molar-refractivity contribution in [2.24, 2.45) is 5.41 Å². The molecule has 1 N–H and O–H groups in total. The Hall–Kier alpha value is -0.0800. The van der Waals surface area contributed by atoms with Crippen LogP contribution in [0.3, 0.4) is 0 Å². The van der Waals surface area contributed by atoms with Crippen LogP contribution in [0, 0.1) is 5.41 Å². The summed E-state index contributed by atoms with van der Waals surface area (Å²) in [6.07, 6.45) is 8.22. The van der Waals surface area contributed by atoms with Crippen LogP contribution in [0.25, 0.3) is 0 Å². The van der Waals surface area contributed by atoms with Crippen molar-refractivity contribution in [2.75, 3.05) is 13.2 Å². The molecule has 0 aromatic rings. The first-order valence-corrected chi connectivity index (χ1v) is 6.52. The standard InChI is InChI=1S/C13H25NO/c1-13(2)10-15-9-8-12(13)14-11-6-4-3-5-7-11/h11-12,14H,3-10H2,1-2H3. The van der Waals surface area contributed by atoms with E-state index in [0.717, 1.165) is 19.3 Å². The maximum atomic E-state index is 5.56. The zero-order valence-electron chi connectivity index (χ0n) is 10.2. The quantitative estimate of drug-likeness (QED) is 0.758. The minimum Gasteiger partial charge on any atom is -0.381 e. The predicted molar refractivity (Wildman–Crippen MR) is 63.0 cm³/mol. The summed E-state index contributed by atoms with van der Waals surface area (Å²) in [6, 6.07) is 1.44. The topological polar surface area (TPSA) is 21.3 Å². The molecule has 2 aliphatic rings. The zero-order valence-corrected chi connectivity index (χ0v) is 10.2. The van der Waals surface area contributed by atoms with Crippen LogP contribution in [0.1, 0.15) is 52.4 Å². The van der Waals surface area contributed by atoms with Gasteiger partial charge in [-0.05, 0) is 19.3 Å². The Morgan fingerprint density at radius 3 is 2.47 bits per heavy atom. The molecule has 1 atom stereocenters. The third kappa shape index (κ3) is 2.94. The van der Waals surface area contributed by atoms with Crippen molar-refractivity contribution < 1.29 is 4.74 Å². The van der Waals surface area contributed by atoms with Crippen molar-refractivity contribution in [3.8, 4) is 0 Å². The molecule has 0 spiro atoms. The zero-order chi connectivity index (χ0) is 10.7. The van der Waals surface area contributed by atoms with Gasteiger partial charge in [0.2, 0.25) is 0 Å². The van der Waals surface area contributed by atoms with Gasteiger partial charge in [0.1, 0.15) is 0 Å². The van der Waals surface area contributed by atoms with Gasteiger partial charge < -0.3 is 10.1 Å². The molecule has 2 fully saturated rings. The second-order valence-electron chi connectivity index (χ2n) is 5.88. The van der Waals surface area contributed by atoms with E-state index in [2.05, 4.69) is 19.2 Å². The van der Waals surface area contributed by atoms with Crippen molar-refractivity contribution in [1.82, 2.24) is 5.32 Å². The van der Waals surface area contributed by atoms with Crippen LogP contribution in [0.2, 0.25) is 0 Å². The molecule has 0 aromatic heterocycles. The molecule has 1 saturated carbocycles. The van der Waals surface area contributed by atoms with E-state index in [1.165, 1.54) is 38.5 Å². The number of nitrogens with one attached hydrogen (secondary N) is 1. The highest BCUT2D eigenvalue weighted by Gasteiger charge is 2.34. The first-order valence-electron chi connectivity index (χ1n) is 6.52. The second kappa shape index (κ2) is 4.84. The molecule has 2 nitrogen and oxygen atoms in total. The van der Waals surface area contributed by atoms with Gasteiger partial charge >= 0.3 is 0 Å². The second-order valence-corrected chi connectivity index (χ2v) is 5.88. The van der Waals surface area contributed by atoms with Gasteiger partial charge in [-0.25, -0.2) is 0 Å². The molecule has 2 heteroatoms. The van der Waals surface area contributed by atoms with E-state index in [-0.39, 0.29) is 0 Å². The van der Waals surface area contributed by atoms with Crippen molar-refractivity contribution in [1.29, 1.82) is 0 Å². The molecule has 88 valence electrons. The molecular weight excluding hydrogens is 186 g/mol. The van der Waals surface area contributed by atoms with E-state index in [1.807, 2.05) is 0 Å². The largest absolute Gasteiger partial charge is 0.381 e. The SMILES string of the molecule is CC1(C)COCCC1NC1CCCCC1. The molecule has 1 aliphatic heterocycles. The smallest absolute Gasteiger partial charge is 0.0532 e. The van der Waals surface area contributed by atoms with Crippen molar-refractivity contribution in [2.45, 2.75) is 64.5 Å². The maximum Gasteiger partial charge on any atom is 0.0532 e. The summed E-state index contributed by atoms with van der Waals surface area (Å²) in [5.74, 6) is 0. The summed E-state index contributed by atoms with van der Waals surface area (Å²) in [4.78, 5) is 0. The molecule has 1 unspecified atom stereocenters. The molecule has 0 radical (unpaired) electrons. The lowest BCUT2D eigenvalue weighted by atomic mass is 9.80. The Morgan fingerprint density at radius 1 is 1.07 bits per heavy atom. The normalized spacial score (nSPS) is 32.8. The van der Waals surface area contributed by atoms with E-state index in [0.29, 0.717) is 11.5 Å². The highest BCUT2D eigenvalue weighted by molar-refractivity contribution is 4.89. The van der Waals surface area contributed by atoms with Crippen LogP contribution < -0.4 is 5.32 Å². The van der Waals surface area contributed by atoms with Gasteiger partial charge in [-0.2, -0.15) is 0 Å². The predicted octanol–water partition coefficient (Wildman–Crippen LogP) is 2.72. The minimum atomic E-state index is 0.315. The lowest BCUT2D eigenvalue weighted by Crippen LogP contribution is -2.52. The Balaban J connectivity index is 1.85. The third-order valence-electron chi connectivity index (χ3n) is 4.01. The highest BCUT2D eigenvalue weighted by Crippen LogP contribution is 2.29. The van der Waals surface area contributed by atoms with Crippen LogP contribution in [0.5, 0.6) is 0 Å². The van der Waals surface area contributed by atoms with Gasteiger partial charge in [0.05, 0.1) is 6.61 Å². The van der Waals surface area contributed by atoms with Gasteiger partial charge in [0, 0.05) is 24.1 Å². The first kappa shape index (κ1) is 11.4. The lowest BCUT2D eigenvalue weighted by molar-refractivity contribution is -0.0175. The minimum absolute atomic E-state index is 0.315. The maximum absolute atomic E-state index is 5.56. The van der Waals surface area contributed by atoms with E-state index < -0.39 is 0 Å². The molecule has 1 aliphatic carbocycles. The van der Waals surface area contributed by atoms with Gasteiger partial charge in [-0.15, -0.1) is 0 Å². The molecule has 15 heavy (non-hydrogen) atoms. The Kier molecular flexibility index (Phi) is 3.68. The van der Waals surface area contributed by atoms with Gasteiger partial charge in [0.15, 0.2) is 0 Å². The molecule has 1 saturated heterocycles. The van der Waals surface area contributed by atoms with Crippen LogP contribution >= 0.6 is 0 Å². The molecule has 1 heterocycles. The average molecular weight is 211 g/mol. The molecular formula is C13H25NO. The lowest BCUT2D eigenvalue weighted by Gasteiger charge is -2.41. The first-order chi connectivity index (χ1) is 7.18. The van der Waals surface area contributed by atoms with Crippen LogP contribution in [0.15, 0.2) is 0 Å². The summed E-state index contributed by atoms with van der Waals surface area (Å²) in [6.45, 7) is 6.50. The van der Waals surface area contributed by atoms with E-state index in [1.54, 1.807) is 0 Å². The molecule has 0 bridgehead atoms. The van der Waals surface area contributed by atoms with E-state index in [4.69, 9.17) is 4.74 Å². The summed E-state index contributed by atoms with van der Waals surface area (Å²) < 4.78 is 5.56. The Bertz CT molecular complexity index is 197. The van der Waals surface area contributed by atoms with Crippen LogP contribution in [0.4, 0.5) is 0 Å². The third-order valence-corrected chi connectivity index (χ3v) is 4.01. The summed E-state index contributed by atoms with van der Waals surface area (Å²) >= 11 is 0. The number of hydrogen-bond acceptors (Lipinski definition) is 2. The molecule has 2 rings (SSSR count). The summed E-state index contributed by atoms with van der Waals surface area (Å²) in [7, 11) is 0. The fourth-order valence-electron chi connectivity index (χ4n) is 2.89. The molecule has 0 aromatic carbocycles. The highest BCUT2D eigenvalue weighted by atomic mass is 16.5. The van der Waals surface area contributed by atoms with Gasteiger partial charge in [-0.1, -0.05) is 33.1 Å². The van der Waals surface area contributed by atoms with Crippen molar-refractivity contribution >= 4 is 0 Å². The fourth-order valence-corrected chi connectivity index (χ4v) is 2.89. The van der Waals surface area contributed by atoms with Crippen molar-refractivity contribution in [3.05, 3.63) is 0 Å². The average Bonchev–Trinajstić information content (AvgIpc) is 2.23. The van der Waals surface area contributed by atoms with Gasteiger partial charge in [-0.3, -0.25) is 0 Å². The van der Waals surface area contributed by atoms with Crippen LogP contribution in [-0.4, -0.2) is 25.3 Å². The Labute approximate surface area is 93.8 Å². The van der Waals surface area contributed by atoms with Gasteiger partial charge in [0.25, 0.3) is 0 Å². The fraction of sp³-hybridized carbons (Fsp3) is 1.00. The van der Waals surface area contributed by atoms with E-state index >= 15 is 0 Å².